The summed E-state index contributed by atoms with van der Waals surface area (Å²) in [6.07, 6.45) is 3.23. The van der Waals surface area contributed by atoms with Crippen molar-refractivity contribution in [3.63, 3.8) is 0 Å². The molecule has 1 saturated carbocycles. The van der Waals surface area contributed by atoms with E-state index < -0.39 is 12.3 Å². The van der Waals surface area contributed by atoms with Crippen molar-refractivity contribution in [2.24, 2.45) is 5.92 Å². The van der Waals surface area contributed by atoms with E-state index in [4.69, 9.17) is 25.5 Å². The van der Waals surface area contributed by atoms with Gasteiger partial charge in [-0.25, -0.2) is 15.0 Å². The number of nitrogens with zero attached hydrogens (tertiary/aromatic N) is 4. The molecule has 1 aliphatic heterocycles. The molecule has 4 heterocycles. The zero-order chi connectivity index (χ0) is 20.0. The van der Waals surface area contributed by atoms with E-state index in [9.17, 15) is 4.79 Å². The van der Waals surface area contributed by atoms with Crippen LogP contribution >= 0.6 is 11.6 Å². The third-order valence-corrected chi connectivity index (χ3v) is 5.05. The summed E-state index contributed by atoms with van der Waals surface area (Å²) >= 11 is 6.42. The minimum absolute atomic E-state index is 0.198. The number of carbonyl (C=O) groups excluding carboxylic acids is 1. The number of hydrogen-bond donors (Lipinski definition) is 0. The Morgan fingerprint density at radius 2 is 2.17 bits per heavy atom. The zero-order valence-electron chi connectivity index (χ0n) is 15.6. The molecule has 0 N–H and O–H groups in total. The van der Waals surface area contributed by atoms with Gasteiger partial charge in [0, 0.05) is 19.3 Å². The van der Waals surface area contributed by atoms with Crippen LogP contribution in [-0.4, -0.2) is 38.2 Å². The Morgan fingerprint density at radius 1 is 1.31 bits per heavy atom. The normalized spacial score (nSPS) is 21.2. The average molecular weight is 413 g/mol. The van der Waals surface area contributed by atoms with Gasteiger partial charge in [-0.1, -0.05) is 17.5 Å². The molecule has 148 valence electrons. The van der Waals surface area contributed by atoms with E-state index in [-0.39, 0.29) is 11.1 Å². The van der Waals surface area contributed by atoms with Gasteiger partial charge in [0.15, 0.2) is 28.6 Å². The fourth-order valence-corrected chi connectivity index (χ4v) is 3.54. The molecule has 2 atom stereocenters. The lowest BCUT2D eigenvalue weighted by Crippen LogP contribution is -2.25. The van der Waals surface area contributed by atoms with Crippen molar-refractivity contribution in [3.05, 3.63) is 29.4 Å². The SMILES string of the molecule is CC(=O)OC1CCOC1n1c(-c2ccco2)nc2c(Cl)nc(C#CC3CC3)nc21. The van der Waals surface area contributed by atoms with Crippen LogP contribution in [-0.2, 0) is 14.3 Å². The molecule has 2 unspecified atom stereocenters. The average Bonchev–Trinajstić information content (AvgIpc) is 3.07. The van der Waals surface area contributed by atoms with Crippen LogP contribution in [0.2, 0.25) is 5.15 Å². The van der Waals surface area contributed by atoms with Crippen molar-refractivity contribution in [3.8, 4) is 23.4 Å². The van der Waals surface area contributed by atoms with Gasteiger partial charge in [-0.05, 0) is 30.9 Å². The number of carbonyl (C=O) groups is 1. The Bertz CT molecular complexity index is 1140. The molecule has 0 bridgehead atoms. The highest BCUT2D eigenvalue weighted by molar-refractivity contribution is 6.33. The number of halogens is 1. The molecule has 8 nitrogen and oxygen atoms in total. The van der Waals surface area contributed by atoms with Gasteiger partial charge >= 0.3 is 5.97 Å². The monoisotopic (exact) mass is 412 g/mol. The fourth-order valence-electron chi connectivity index (χ4n) is 3.34. The van der Waals surface area contributed by atoms with E-state index in [0.717, 1.165) is 12.8 Å². The van der Waals surface area contributed by atoms with E-state index in [1.165, 1.54) is 6.92 Å². The molecule has 1 saturated heterocycles. The van der Waals surface area contributed by atoms with Gasteiger partial charge in [0.2, 0.25) is 5.82 Å². The van der Waals surface area contributed by atoms with Gasteiger partial charge < -0.3 is 13.9 Å². The van der Waals surface area contributed by atoms with Crippen LogP contribution in [0.15, 0.2) is 22.8 Å². The highest BCUT2D eigenvalue weighted by Crippen LogP contribution is 2.36. The Balaban J connectivity index is 1.69. The van der Waals surface area contributed by atoms with Crippen LogP contribution in [0.25, 0.3) is 22.7 Å². The summed E-state index contributed by atoms with van der Waals surface area (Å²) < 4.78 is 18.7. The van der Waals surface area contributed by atoms with Crippen molar-refractivity contribution >= 4 is 28.7 Å². The Hall–Kier alpha value is -2.89. The summed E-state index contributed by atoms with van der Waals surface area (Å²) in [5, 5.41) is 0.198. The first kappa shape index (κ1) is 18.2. The molecule has 29 heavy (non-hydrogen) atoms. The molecule has 1 aliphatic carbocycles. The van der Waals surface area contributed by atoms with E-state index in [1.807, 2.05) is 0 Å². The van der Waals surface area contributed by atoms with E-state index in [2.05, 4.69) is 26.8 Å². The fraction of sp³-hybridized carbons (Fsp3) is 0.400. The standard InChI is InChI=1S/C20H17ClN4O4/c1-11(26)29-14-8-10-28-20(14)25-18(13-3-2-9-27-13)24-16-17(21)22-15(23-19(16)25)7-6-12-4-5-12/h2-3,9,12,14,20H,4-5,8,10H2,1H3. The van der Waals surface area contributed by atoms with Gasteiger partial charge in [0.25, 0.3) is 0 Å². The van der Waals surface area contributed by atoms with Crippen molar-refractivity contribution < 1.29 is 18.7 Å². The summed E-state index contributed by atoms with van der Waals surface area (Å²) in [5.41, 5.74) is 0.868. The summed E-state index contributed by atoms with van der Waals surface area (Å²) in [5.74, 6) is 7.48. The summed E-state index contributed by atoms with van der Waals surface area (Å²) in [7, 11) is 0. The predicted octanol–water partition coefficient (Wildman–Crippen LogP) is 3.35. The molecule has 5 rings (SSSR count). The molecule has 0 spiro atoms. The lowest BCUT2D eigenvalue weighted by molar-refractivity contribution is -0.151. The van der Waals surface area contributed by atoms with Crippen molar-refractivity contribution in [2.75, 3.05) is 6.61 Å². The number of hydrogen-bond acceptors (Lipinski definition) is 7. The highest BCUT2D eigenvalue weighted by Gasteiger charge is 2.37. The second-order valence-electron chi connectivity index (χ2n) is 7.03. The van der Waals surface area contributed by atoms with Crippen LogP contribution in [0.1, 0.15) is 38.2 Å². The number of rotatable bonds is 3. The minimum atomic E-state index is -0.612. The lowest BCUT2D eigenvalue weighted by atomic mass is 10.2. The Morgan fingerprint density at radius 3 is 2.90 bits per heavy atom. The number of furan rings is 1. The number of ether oxygens (including phenoxy) is 2. The van der Waals surface area contributed by atoms with Crippen molar-refractivity contribution in [2.45, 2.75) is 38.5 Å². The molecule has 3 aromatic heterocycles. The quantitative estimate of drug-likeness (QED) is 0.370. The Kier molecular flexibility index (Phi) is 4.49. The minimum Gasteiger partial charge on any atom is -0.461 e. The first-order chi connectivity index (χ1) is 14.1. The lowest BCUT2D eigenvalue weighted by Gasteiger charge is -2.21. The molecule has 2 fully saturated rings. The zero-order valence-corrected chi connectivity index (χ0v) is 16.3. The van der Waals surface area contributed by atoms with E-state index in [1.54, 1.807) is 23.0 Å². The van der Waals surface area contributed by atoms with E-state index in [0.29, 0.717) is 47.5 Å². The first-order valence-electron chi connectivity index (χ1n) is 9.40. The van der Waals surface area contributed by atoms with Crippen LogP contribution in [0, 0.1) is 17.8 Å². The van der Waals surface area contributed by atoms with Gasteiger partial charge in [-0.3, -0.25) is 9.36 Å². The van der Waals surface area contributed by atoms with Gasteiger partial charge in [-0.2, -0.15) is 0 Å². The predicted molar refractivity (Wildman–Crippen MR) is 103 cm³/mol. The Labute approximate surface area is 171 Å². The summed E-state index contributed by atoms with van der Waals surface area (Å²) in [6.45, 7) is 1.81. The van der Waals surface area contributed by atoms with Gasteiger partial charge in [-0.15, -0.1) is 0 Å². The molecule has 3 aromatic rings. The summed E-state index contributed by atoms with van der Waals surface area (Å²) in [6, 6.07) is 3.54. The highest BCUT2D eigenvalue weighted by atomic mass is 35.5. The number of aromatic nitrogens is 4. The maximum atomic E-state index is 11.6. The molecule has 9 heteroatoms. The van der Waals surface area contributed by atoms with E-state index >= 15 is 0 Å². The van der Waals surface area contributed by atoms with Crippen LogP contribution < -0.4 is 0 Å². The maximum Gasteiger partial charge on any atom is 0.303 e. The number of esters is 1. The third-order valence-electron chi connectivity index (χ3n) is 4.79. The van der Waals surface area contributed by atoms with Crippen LogP contribution in [0.3, 0.4) is 0 Å². The molecule has 0 radical (unpaired) electrons. The van der Waals surface area contributed by atoms with Crippen LogP contribution in [0.4, 0.5) is 0 Å². The second kappa shape index (κ2) is 7.17. The largest absolute Gasteiger partial charge is 0.461 e. The molecule has 2 aliphatic rings. The molecule has 0 aromatic carbocycles. The first-order valence-corrected chi connectivity index (χ1v) is 9.77. The second-order valence-corrected chi connectivity index (χ2v) is 7.39. The van der Waals surface area contributed by atoms with Gasteiger partial charge in [0.05, 0.1) is 12.9 Å². The number of fused-ring (bicyclic) bond motifs is 1. The topological polar surface area (TPSA) is 92.3 Å². The summed E-state index contributed by atoms with van der Waals surface area (Å²) in [4.78, 5) is 25.0. The maximum absolute atomic E-state index is 11.6. The molecular formula is C20H17ClN4O4. The number of imidazole rings is 1. The molecular weight excluding hydrogens is 396 g/mol. The van der Waals surface area contributed by atoms with Crippen molar-refractivity contribution in [1.82, 2.24) is 19.5 Å². The van der Waals surface area contributed by atoms with Crippen molar-refractivity contribution in [1.29, 1.82) is 0 Å². The van der Waals surface area contributed by atoms with Crippen LogP contribution in [0.5, 0.6) is 0 Å². The molecule has 0 amide bonds. The van der Waals surface area contributed by atoms with Gasteiger partial charge in [0.1, 0.15) is 11.6 Å². The smallest absolute Gasteiger partial charge is 0.303 e. The third kappa shape index (κ3) is 3.48.